The number of allylic oxidation sites excluding steroid dienone is 4. The third kappa shape index (κ3) is 17.7. The van der Waals surface area contributed by atoms with Gasteiger partial charge in [-0.2, -0.15) is 0 Å². The smallest absolute Gasteiger partial charge is 0.182 e. The molecule has 0 saturated heterocycles. The van der Waals surface area contributed by atoms with Crippen LogP contribution in [0.5, 0.6) is 51.7 Å². The Bertz CT molecular complexity index is 5560. The fourth-order valence-electron chi connectivity index (χ4n) is 15.7. The molecular weight excluding hydrogens is 1400 g/mol. The number of benzene rings is 9. The van der Waals surface area contributed by atoms with Crippen molar-refractivity contribution in [3.05, 3.63) is 295 Å². The quantitative estimate of drug-likeness (QED) is 0.0343. The molecule has 1 saturated carbocycles. The highest BCUT2D eigenvalue weighted by Crippen LogP contribution is 2.46. The second-order valence-electron chi connectivity index (χ2n) is 29.5. The molecule has 113 heavy (non-hydrogen) atoms. The van der Waals surface area contributed by atoms with Gasteiger partial charge in [0, 0.05) is 49.9 Å². The Kier molecular flexibility index (Phi) is 23.0. The molecule has 0 radical (unpaired) electrons. The molecule has 12 nitrogen and oxygen atoms in total. The van der Waals surface area contributed by atoms with Gasteiger partial charge in [0.2, 0.25) is 0 Å². The molecule has 12 aromatic rings. The number of nitrogens with zero attached hydrogens (tertiary/aromatic N) is 2. The first-order valence-corrected chi connectivity index (χ1v) is 40.1. The Morgan fingerprint density at radius 2 is 0.628 bits per heavy atom. The summed E-state index contributed by atoms with van der Waals surface area (Å²) < 4.78 is 38.4. The Morgan fingerprint density at radius 1 is 0.310 bits per heavy atom. The van der Waals surface area contributed by atoms with E-state index in [0.717, 1.165) is 218 Å². The van der Waals surface area contributed by atoms with Gasteiger partial charge in [-0.05, 0) is 283 Å². The highest BCUT2D eigenvalue weighted by atomic mass is 16.5. The van der Waals surface area contributed by atoms with Crippen LogP contribution < -0.4 is 28.4 Å². The average Bonchev–Trinajstić information content (AvgIpc) is 1.62. The second kappa shape index (κ2) is 35.1. The summed E-state index contributed by atoms with van der Waals surface area (Å²) in [6.07, 6.45) is 25.9. The van der Waals surface area contributed by atoms with Crippen LogP contribution in [-0.2, 0) is 9.59 Å². The molecule has 2 N–H and O–H groups in total. The zero-order valence-electron chi connectivity index (χ0n) is 64.3. The highest BCUT2D eigenvalue weighted by Gasteiger charge is 2.32. The summed E-state index contributed by atoms with van der Waals surface area (Å²) in [5, 5.41) is 0. The molecular formula is C101H92N4O8. The highest BCUT2D eigenvalue weighted by molar-refractivity contribution is 6.17. The number of carbonyl (C=O) groups is 2. The minimum atomic E-state index is -0.144. The maximum Gasteiger partial charge on any atom is 0.182 e. The molecule has 0 unspecified atom stereocenters. The van der Waals surface area contributed by atoms with Crippen LogP contribution in [0.2, 0.25) is 0 Å². The number of nitrogens with one attached hydrogen (secondary N) is 2. The summed E-state index contributed by atoms with van der Waals surface area (Å²) in [4.78, 5) is 45.6. The molecule has 5 heterocycles. The number of aromatic amines is 2. The molecule has 0 amide bonds. The molecule has 2 aliphatic heterocycles. The van der Waals surface area contributed by atoms with Crippen molar-refractivity contribution in [2.75, 3.05) is 19.8 Å². The molecule has 9 aromatic carbocycles. The molecule has 12 heteroatoms. The summed E-state index contributed by atoms with van der Waals surface area (Å²) in [6.45, 7) is 8.74. The van der Waals surface area contributed by atoms with E-state index in [1.807, 2.05) is 109 Å². The minimum absolute atomic E-state index is 0.0334. The van der Waals surface area contributed by atoms with Gasteiger partial charge in [0.1, 0.15) is 51.7 Å². The number of unbranched alkanes of at least 4 members (excludes halogenated alkanes) is 6. The van der Waals surface area contributed by atoms with E-state index in [9.17, 15) is 9.59 Å². The number of fused-ring (bicyclic) bond motifs is 8. The molecule has 0 spiro atoms. The average molecular weight is 1490 g/mol. The molecule has 0 atom stereocenters. The largest absolute Gasteiger partial charge is 0.494 e. The van der Waals surface area contributed by atoms with E-state index < -0.39 is 0 Å². The number of H-pyrrole nitrogens is 2. The fraction of sp³-hybridized carbons (Fsp3) is 0.208. The molecule has 4 aliphatic rings. The van der Waals surface area contributed by atoms with Gasteiger partial charge < -0.3 is 38.4 Å². The zero-order chi connectivity index (χ0) is 76.8. The predicted octanol–water partition coefficient (Wildman–Crippen LogP) is 26.6. The van der Waals surface area contributed by atoms with Crippen molar-refractivity contribution in [2.45, 2.75) is 110 Å². The Morgan fingerprint density at radius 3 is 0.991 bits per heavy atom. The summed E-state index contributed by atoms with van der Waals surface area (Å²) in [6, 6.07) is 82.8. The SMILES string of the molecule is CCCCCOc1ccc(-c2ccc(Oc3cccc(-c4c5nc(c(-c6cccc(Oc7ccc(-c8ccc(OCCCCC)cc8)cc7)c6)c6ccc([nH]6)c(C6CCC(C7=CC(=O)C=CC7=O)CC6)c6nc(c(-c7cccc(Oc8ccc(-c9ccc(OCCCCC)cc9)cc8)c7)c7ccc4[nH]7)C=C6)C=C5)c3)cc2)cc1. The topological polar surface area (TPSA) is 147 Å². The lowest BCUT2D eigenvalue weighted by atomic mass is 9.74. The first-order valence-electron chi connectivity index (χ1n) is 40.1. The molecule has 16 rings (SSSR count). The van der Waals surface area contributed by atoms with Crippen molar-refractivity contribution in [2.24, 2.45) is 5.92 Å². The van der Waals surface area contributed by atoms with Crippen LogP contribution >= 0.6 is 0 Å². The van der Waals surface area contributed by atoms with Crippen LogP contribution in [0, 0.1) is 5.92 Å². The van der Waals surface area contributed by atoms with Gasteiger partial charge in [-0.3, -0.25) is 9.59 Å². The van der Waals surface area contributed by atoms with E-state index in [1.165, 1.54) is 12.2 Å². The summed E-state index contributed by atoms with van der Waals surface area (Å²) in [7, 11) is 0. The molecule has 8 bridgehead atoms. The standard InChI is InChI=1S/C101H92N4O8/c1-4-7-10-60-108-79-39-26-67(27-40-79)70-32-45-82(46-33-70)111-85-19-13-16-75(63-85)99-91-53-51-89(102-91)98(74-24-22-73(23-25-74)88-66-78(106)38-59-97(88)107)90-52-54-92(103-90)100(76-17-14-20-86(64-76)112-83-47-34-71(35-48-83)68-28-41-80(42-29-68)109-61-11-8-5-2)94-56-58-96(105-94)101(95-57-55-93(99)104-95)77-18-15-21-87(65-77)113-84-49-36-72(37-50-84)69-30-43-81(44-31-69)110-62-12-9-6-3/h13-21,26-59,63-66,73-74,102,105H,4-12,22-25,60-62H2,1-3H3. The van der Waals surface area contributed by atoms with Crippen LogP contribution in [0.15, 0.2) is 266 Å². The van der Waals surface area contributed by atoms with Gasteiger partial charge in [0.05, 0.1) is 42.6 Å². The van der Waals surface area contributed by atoms with Gasteiger partial charge in [-0.25, -0.2) is 9.97 Å². The van der Waals surface area contributed by atoms with E-state index in [2.05, 4.69) is 189 Å². The number of aromatic nitrogens is 4. The Balaban J connectivity index is 0.803. The summed E-state index contributed by atoms with van der Waals surface area (Å²) in [5.41, 5.74) is 19.9. The maximum absolute atomic E-state index is 13.4. The van der Waals surface area contributed by atoms with Gasteiger partial charge >= 0.3 is 0 Å². The van der Waals surface area contributed by atoms with Crippen LogP contribution in [0.4, 0.5) is 0 Å². The third-order valence-electron chi connectivity index (χ3n) is 21.6. The van der Waals surface area contributed by atoms with Crippen molar-refractivity contribution in [3.8, 4) is 119 Å². The van der Waals surface area contributed by atoms with E-state index in [-0.39, 0.29) is 23.4 Å². The van der Waals surface area contributed by atoms with Crippen molar-refractivity contribution >= 4 is 57.9 Å². The van der Waals surface area contributed by atoms with Crippen molar-refractivity contribution in [1.29, 1.82) is 0 Å². The van der Waals surface area contributed by atoms with Crippen molar-refractivity contribution in [3.63, 3.8) is 0 Å². The minimum Gasteiger partial charge on any atom is -0.494 e. The summed E-state index contributed by atoms with van der Waals surface area (Å²) in [5.74, 6) is 6.46. The van der Waals surface area contributed by atoms with Crippen LogP contribution in [-0.4, -0.2) is 51.3 Å². The molecule has 564 valence electrons. The summed E-state index contributed by atoms with van der Waals surface area (Å²) >= 11 is 0. The fourth-order valence-corrected chi connectivity index (χ4v) is 15.7. The van der Waals surface area contributed by atoms with E-state index >= 15 is 0 Å². The van der Waals surface area contributed by atoms with Gasteiger partial charge in [0.25, 0.3) is 0 Å². The van der Waals surface area contributed by atoms with Gasteiger partial charge in [-0.15, -0.1) is 0 Å². The second-order valence-corrected chi connectivity index (χ2v) is 29.5. The molecule has 3 aromatic heterocycles. The van der Waals surface area contributed by atoms with Gasteiger partial charge in [0.15, 0.2) is 11.6 Å². The predicted molar refractivity (Wildman–Crippen MR) is 458 cm³/mol. The normalized spacial score (nSPS) is 14.4. The van der Waals surface area contributed by atoms with Crippen LogP contribution in [0.1, 0.15) is 138 Å². The Labute approximate surface area is 661 Å². The number of hydrogen-bond donors (Lipinski definition) is 2. The Hall–Kier alpha value is -12.8. The number of carbonyl (C=O) groups excluding carboxylic acids is 2. The molecule has 2 aliphatic carbocycles. The zero-order valence-corrected chi connectivity index (χ0v) is 64.3. The lowest BCUT2D eigenvalue weighted by Gasteiger charge is -2.30. The third-order valence-corrected chi connectivity index (χ3v) is 21.6. The number of hydrogen-bond acceptors (Lipinski definition) is 10. The van der Waals surface area contributed by atoms with E-state index in [1.54, 1.807) is 6.08 Å². The lowest BCUT2D eigenvalue weighted by molar-refractivity contribution is -0.115. The first kappa shape index (κ1) is 74.3. The van der Waals surface area contributed by atoms with E-state index in [4.69, 9.17) is 38.4 Å². The number of ketones is 2. The lowest BCUT2D eigenvalue weighted by Crippen LogP contribution is -2.21. The van der Waals surface area contributed by atoms with Gasteiger partial charge in [-0.1, -0.05) is 168 Å². The monoisotopic (exact) mass is 1490 g/mol. The van der Waals surface area contributed by atoms with Crippen LogP contribution in [0.3, 0.4) is 0 Å². The van der Waals surface area contributed by atoms with E-state index in [0.29, 0.717) is 59.9 Å². The van der Waals surface area contributed by atoms with Crippen molar-refractivity contribution < 1.29 is 38.0 Å². The number of ether oxygens (including phenoxy) is 6. The van der Waals surface area contributed by atoms with Crippen LogP contribution in [0.25, 0.3) is 113 Å². The maximum atomic E-state index is 13.4. The first-order chi connectivity index (χ1) is 55.6. The number of rotatable bonds is 29. The van der Waals surface area contributed by atoms with Crippen molar-refractivity contribution in [1.82, 2.24) is 19.9 Å². The molecule has 1 fully saturated rings.